The molecule has 0 aliphatic carbocycles. The van der Waals surface area contributed by atoms with Crippen molar-refractivity contribution < 1.29 is 19.0 Å². The molecule has 0 amide bonds. The number of esters is 1. The Morgan fingerprint density at radius 2 is 1.69 bits per heavy atom. The first-order chi connectivity index (χ1) is 12.5. The van der Waals surface area contributed by atoms with Crippen LogP contribution in [0.25, 0.3) is 10.9 Å². The van der Waals surface area contributed by atoms with Crippen LogP contribution in [0.5, 0.6) is 11.5 Å². The SMILES string of the molecule is COc1cc(C(=O)OC(C)c2cnc3ccccc3c2)cc(OC)c1C. The van der Waals surface area contributed by atoms with Crippen molar-refractivity contribution in [3.05, 3.63) is 65.4 Å². The second-order valence-electron chi connectivity index (χ2n) is 6.01. The summed E-state index contributed by atoms with van der Waals surface area (Å²) in [6.07, 6.45) is 1.30. The number of aromatic nitrogens is 1. The second-order valence-corrected chi connectivity index (χ2v) is 6.01. The molecule has 0 spiro atoms. The maximum Gasteiger partial charge on any atom is 0.339 e. The molecule has 0 aliphatic heterocycles. The van der Waals surface area contributed by atoms with Gasteiger partial charge in [0.1, 0.15) is 17.6 Å². The molecule has 3 rings (SSSR count). The van der Waals surface area contributed by atoms with Gasteiger partial charge in [0.25, 0.3) is 0 Å². The summed E-state index contributed by atoms with van der Waals surface area (Å²) in [5.41, 5.74) is 2.95. The highest BCUT2D eigenvalue weighted by molar-refractivity contribution is 5.91. The van der Waals surface area contributed by atoms with Crippen LogP contribution in [0.3, 0.4) is 0 Å². The van der Waals surface area contributed by atoms with Crippen LogP contribution in [0.2, 0.25) is 0 Å². The molecule has 0 bridgehead atoms. The largest absolute Gasteiger partial charge is 0.496 e. The highest BCUT2D eigenvalue weighted by Gasteiger charge is 2.18. The Kier molecular flexibility index (Phi) is 5.07. The predicted octanol–water partition coefficient (Wildman–Crippen LogP) is 4.48. The number of fused-ring (bicyclic) bond motifs is 1. The normalized spacial score (nSPS) is 11.8. The lowest BCUT2D eigenvalue weighted by Gasteiger charge is -2.16. The molecule has 0 saturated heterocycles. The standard InChI is InChI=1S/C21H21NO4/c1-13-19(24-3)10-16(11-20(13)25-4)21(23)26-14(2)17-9-15-7-5-6-8-18(15)22-12-17/h5-12,14H,1-4H3. The Balaban J connectivity index is 1.84. The lowest BCUT2D eigenvalue weighted by Crippen LogP contribution is -2.10. The number of carbonyl (C=O) groups excluding carboxylic acids is 1. The number of pyridine rings is 1. The number of para-hydroxylation sites is 1. The molecule has 1 unspecified atom stereocenters. The van der Waals surface area contributed by atoms with Gasteiger partial charge in [-0.05, 0) is 38.1 Å². The summed E-state index contributed by atoms with van der Waals surface area (Å²) in [5.74, 6) is 0.718. The van der Waals surface area contributed by atoms with Gasteiger partial charge < -0.3 is 14.2 Å². The maximum absolute atomic E-state index is 12.6. The number of benzene rings is 2. The number of hydrogen-bond acceptors (Lipinski definition) is 5. The fraction of sp³-hybridized carbons (Fsp3) is 0.238. The molecule has 0 fully saturated rings. The van der Waals surface area contributed by atoms with Crippen molar-refractivity contribution in [3.8, 4) is 11.5 Å². The summed E-state index contributed by atoms with van der Waals surface area (Å²) in [6.45, 7) is 3.70. The van der Waals surface area contributed by atoms with Gasteiger partial charge in [0.15, 0.2) is 0 Å². The predicted molar refractivity (Wildman–Crippen MR) is 99.9 cm³/mol. The number of rotatable bonds is 5. The van der Waals surface area contributed by atoms with Gasteiger partial charge in [0.2, 0.25) is 0 Å². The Hall–Kier alpha value is -3.08. The van der Waals surface area contributed by atoms with E-state index in [1.807, 2.05) is 44.2 Å². The van der Waals surface area contributed by atoms with Gasteiger partial charge in [-0.15, -0.1) is 0 Å². The molecule has 1 atom stereocenters. The van der Waals surface area contributed by atoms with E-state index in [0.717, 1.165) is 22.0 Å². The van der Waals surface area contributed by atoms with Crippen molar-refractivity contribution in [3.63, 3.8) is 0 Å². The monoisotopic (exact) mass is 351 g/mol. The van der Waals surface area contributed by atoms with E-state index in [9.17, 15) is 4.79 Å². The first-order valence-electron chi connectivity index (χ1n) is 8.31. The molecule has 1 heterocycles. The number of hydrogen-bond donors (Lipinski definition) is 0. The first-order valence-corrected chi connectivity index (χ1v) is 8.31. The Morgan fingerprint density at radius 1 is 1.04 bits per heavy atom. The van der Waals surface area contributed by atoms with Crippen LogP contribution in [-0.4, -0.2) is 25.2 Å². The van der Waals surface area contributed by atoms with E-state index in [4.69, 9.17) is 14.2 Å². The Bertz CT molecular complexity index is 927. The number of ether oxygens (including phenoxy) is 3. The lowest BCUT2D eigenvalue weighted by molar-refractivity contribution is 0.0336. The minimum absolute atomic E-state index is 0.380. The highest BCUT2D eigenvalue weighted by Crippen LogP contribution is 2.30. The van der Waals surface area contributed by atoms with E-state index in [-0.39, 0.29) is 0 Å². The van der Waals surface area contributed by atoms with Gasteiger partial charge in [-0.1, -0.05) is 18.2 Å². The van der Waals surface area contributed by atoms with Gasteiger partial charge >= 0.3 is 5.97 Å². The molecule has 0 saturated carbocycles. The minimum atomic E-state index is -0.442. The van der Waals surface area contributed by atoms with Crippen LogP contribution in [0.4, 0.5) is 0 Å². The third kappa shape index (κ3) is 3.47. The summed E-state index contributed by atoms with van der Waals surface area (Å²) >= 11 is 0. The van der Waals surface area contributed by atoms with E-state index >= 15 is 0 Å². The smallest absolute Gasteiger partial charge is 0.339 e. The van der Waals surface area contributed by atoms with E-state index in [2.05, 4.69) is 4.98 Å². The van der Waals surface area contributed by atoms with Gasteiger partial charge in [0.05, 0.1) is 25.3 Å². The summed E-state index contributed by atoms with van der Waals surface area (Å²) in [6, 6.07) is 13.1. The van der Waals surface area contributed by atoms with Crippen LogP contribution in [-0.2, 0) is 4.74 Å². The fourth-order valence-corrected chi connectivity index (χ4v) is 2.81. The number of carbonyl (C=O) groups is 1. The van der Waals surface area contributed by atoms with Crippen molar-refractivity contribution in [2.24, 2.45) is 0 Å². The fourth-order valence-electron chi connectivity index (χ4n) is 2.81. The topological polar surface area (TPSA) is 57.7 Å². The van der Waals surface area contributed by atoms with Crippen LogP contribution in [0.1, 0.15) is 34.5 Å². The molecule has 1 aromatic heterocycles. The van der Waals surface area contributed by atoms with Crippen molar-refractivity contribution in [1.29, 1.82) is 0 Å². The molecular formula is C21H21NO4. The molecule has 0 aliphatic rings. The molecule has 26 heavy (non-hydrogen) atoms. The summed E-state index contributed by atoms with van der Waals surface area (Å²) in [7, 11) is 3.11. The van der Waals surface area contributed by atoms with Gasteiger partial charge in [-0.3, -0.25) is 4.98 Å². The summed E-state index contributed by atoms with van der Waals surface area (Å²) < 4.78 is 16.3. The molecule has 0 N–H and O–H groups in total. The van der Waals surface area contributed by atoms with Gasteiger partial charge in [-0.25, -0.2) is 4.79 Å². The van der Waals surface area contributed by atoms with Crippen LogP contribution >= 0.6 is 0 Å². The number of methoxy groups -OCH3 is 2. The van der Waals surface area contributed by atoms with Crippen LogP contribution in [0.15, 0.2) is 48.7 Å². The quantitative estimate of drug-likeness (QED) is 0.635. The Labute approximate surface area is 152 Å². The molecule has 5 nitrogen and oxygen atoms in total. The van der Waals surface area contributed by atoms with Crippen molar-refractivity contribution in [1.82, 2.24) is 4.98 Å². The molecular weight excluding hydrogens is 330 g/mol. The molecule has 0 radical (unpaired) electrons. The summed E-state index contributed by atoms with van der Waals surface area (Å²) in [4.78, 5) is 17.0. The zero-order valence-corrected chi connectivity index (χ0v) is 15.3. The third-order valence-electron chi connectivity index (χ3n) is 4.35. The van der Waals surface area contributed by atoms with Crippen molar-refractivity contribution in [2.75, 3.05) is 14.2 Å². The van der Waals surface area contributed by atoms with E-state index in [1.54, 1.807) is 32.5 Å². The Morgan fingerprint density at radius 3 is 2.35 bits per heavy atom. The average molecular weight is 351 g/mol. The van der Waals surface area contributed by atoms with Gasteiger partial charge in [-0.2, -0.15) is 0 Å². The lowest BCUT2D eigenvalue weighted by atomic mass is 10.1. The zero-order chi connectivity index (χ0) is 18.7. The maximum atomic E-state index is 12.6. The highest BCUT2D eigenvalue weighted by atomic mass is 16.5. The second kappa shape index (κ2) is 7.44. The van der Waals surface area contributed by atoms with Crippen molar-refractivity contribution >= 4 is 16.9 Å². The van der Waals surface area contributed by atoms with Crippen molar-refractivity contribution in [2.45, 2.75) is 20.0 Å². The molecule has 5 heteroatoms. The minimum Gasteiger partial charge on any atom is -0.496 e. The van der Waals surface area contributed by atoms with Crippen LogP contribution < -0.4 is 9.47 Å². The van der Waals surface area contributed by atoms with Crippen LogP contribution in [0, 0.1) is 6.92 Å². The van der Waals surface area contributed by atoms with Gasteiger partial charge in [0, 0.05) is 22.7 Å². The molecule has 3 aromatic rings. The first kappa shape index (κ1) is 17.7. The van der Waals surface area contributed by atoms with E-state index in [1.165, 1.54) is 0 Å². The van der Waals surface area contributed by atoms with E-state index < -0.39 is 12.1 Å². The summed E-state index contributed by atoms with van der Waals surface area (Å²) in [5, 5.41) is 1.01. The average Bonchev–Trinajstić information content (AvgIpc) is 2.67. The zero-order valence-electron chi connectivity index (χ0n) is 15.3. The number of nitrogens with zero attached hydrogens (tertiary/aromatic N) is 1. The third-order valence-corrected chi connectivity index (χ3v) is 4.35. The van der Waals surface area contributed by atoms with E-state index in [0.29, 0.717) is 17.1 Å². The molecule has 134 valence electrons. The molecule has 2 aromatic carbocycles.